The Kier molecular flexibility index (Phi) is 7.72. The third-order valence-electron chi connectivity index (χ3n) is 4.76. The van der Waals surface area contributed by atoms with Gasteiger partial charge in [-0.05, 0) is 42.8 Å². The van der Waals surface area contributed by atoms with Gasteiger partial charge in [0.15, 0.2) is 0 Å². The van der Waals surface area contributed by atoms with Gasteiger partial charge in [-0.1, -0.05) is 6.07 Å². The van der Waals surface area contributed by atoms with Gasteiger partial charge in [0.25, 0.3) is 5.91 Å². The molecule has 1 N–H and O–H groups in total. The average molecular weight is 400 g/mol. The average Bonchev–Trinajstić information content (AvgIpc) is 2.77. The zero-order valence-corrected chi connectivity index (χ0v) is 17.0. The summed E-state index contributed by atoms with van der Waals surface area (Å²) >= 11 is 0. The van der Waals surface area contributed by atoms with Gasteiger partial charge in [-0.25, -0.2) is 0 Å². The summed E-state index contributed by atoms with van der Waals surface area (Å²) < 4.78 is 21.7. The first kappa shape index (κ1) is 21.0. The first-order valence-electron chi connectivity index (χ1n) is 9.76. The van der Waals surface area contributed by atoms with Crippen molar-refractivity contribution in [2.24, 2.45) is 0 Å². The van der Waals surface area contributed by atoms with Gasteiger partial charge in [0.2, 0.25) is 0 Å². The number of nitrogens with zero attached hydrogens (tertiary/aromatic N) is 1. The lowest BCUT2D eigenvalue weighted by atomic mass is 10.1. The Morgan fingerprint density at radius 1 is 1.03 bits per heavy atom. The third kappa shape index (κ3) is 5.85. The molecule has 0 saturated carbocycles. The topological polar surface area (TPSA) is 69.3 Å². The molecule has 1 aliphatic rings. The van der Waals surface area contributed by atoms with Crippen LogP contribution in [0.5, 0.6) is 17.2 Å². The molecule has 1 heterocycles. The zero-order chi connectivity index (χ0) is 20.5. The van der Waals surface area contributed by atoms with E-state index in [1.54, 1.807) is 18.2 Å². The molecule has 2 aromatic rings. The number of methoxy groups -OCH3 is 2. The van der Waals surface area contributed by atoms with E-state index in [0.717, 1.165) is 45.0 Å². The monoisotopic (exact) mass is 400 g/mol. The predicted molar refractivity (Wildman–Crippen MR) is 111 cm³/mol. The van der Waals surface area contributed by atoms with Crippen LogP contribution < -0.4 is 19.5 Å². The number of carbonyl (C=O) groups excluding carboxylic acids is 1. The zero-order valence-electron chi connectivity index (χ0n) is 17.0. The molecule has 7 heteroatoms. The molecule has 0 bridgehead atoms. The molecule has 0 radical (unpaired) electrons. The molecule has 0 atom stereocenters. The summed E-state index contributed by atoms with van der Waals surface area (Å²) in [4.78, 5) is 15.1. The summed E-state index contributed by atoms with van der Waals surface area (Å²) in [5.41, 5.74) is 1.03. The number of hydrogen-bond donors (Lipinski definition) is 1. The molecule has 1 aliphatic heterocycles. The lowest BCUT2D eigenvalue weighted by Crippen LogP contribution is -2.37. The molecule has 0 unspecified atom stereocenters. The van der Waals surface area contributed by atoms with Gasteiger partial charge in [-0.2, -0.15) is 0 Å². The molecule has 7 nitrogen and oxygen atoms in total. The maximum absolute atomic E-state index is 12.7. The van der Waals surface area contributed by atoms with Crippen molar-refractivity contribution in [2.75, 3.05) is 59.0 Å². The van der Waals surface area contributed by atoms with Crippen LogP contribution in [0, 0.1) is 0 Å². The Hall–Kier alpha value is -2.77. The Morgan fingerprint density at radius 3 is 2.31 bits per heavy atom. The van der Waals surface area contributed by atoms with E-state index < -0.39 is 0 Å². The molecule has 0 aromatic heterocycles. The van der Waals surface area contributed by atoms with Crippen molar-refractivity contribution in [3.8, 4) is 17.2 Å². The number of amides is 1. The molecular weight excluding hydrogens is 372 g/mol. The van der Waals surface area contributed by atoms with Crippen molar-refractivity contribution in [3.05, 3.63) is 48.0 Å². The summed E-state index contributed by atoms with van der Waals surface area (Å²) in [5, 5.41) is 2.87. The van der Waals surface area contributed by atoms with Gasteiger partial charge in [-0.3, -0.25) is 9.69 Å². The highest BCUT2D eigenvalue weighted by molar-refractivity contribution is 6.08. The minimum atomic E-state index is -0.293. The van der Waals surface area contributed by atoms with E-state index in [-0.39, 0.29) is 5.91 Å². The minimum absolute atomic E-state index is 0.293. The Morgan fingerprint density at radius 2 is 1.69 bits per heavy atom. The van der Waals surface area contributed by atoms with Gasteiger partial charge in [0.05, 0.1) is 34.0 Å². The summed E-state index contributed by atoms with van der Waals surface area (Å²) in [7, 11) is 3.05. The minimum Gasteiger partial charge on any atom is -0.496 e. The fraction of sp³-hybridized carbons (Fsp3) is 0.409. The van der Waals surface area contributed by atoms with Gasteiger partial charge in [-0.15, -0.1) is 0 Å². The molecule has 156 valence electrons. The van der Waals surface area contributed by atoms with Gasteiger partial charge < -0.3 is 24.3 Å². The normalized spacial score (nSPS) is 14.3. The van der Waals surface area contributed by atoms with Crippen LogP contribution >= 0.6 is 0 Å². The second-order valence-corrected chi connectivity index (χ2v) is 6.67. The van der Waals surface area contributed by atoms with Crippen molar-refractivity contribution in [1.29, 1.82) is 0 Å². The van der Waals surface area contributed by atoms with Gasteiger partial charge in [0, 0.05) is 25.3 Å². The van der Waals surface area contributed by atoms with E-state index in [9.17, 15) is 4.79 Å². The number of carbonyl (C=O) groups is 1. The van der Waals surface area contributed by atoms with E-state index in [4.69, 9.17) is 18.9 Å². The fourth-order valence-corrected chi connectivity index (χ4v) is 3.21. The Labute approximate surface area is 171 Å². The molecule has 0 aliphatic carbocycles. The summed E-state index contributed by atoms with van der Waals surface area (Å²) in [6.07, 6.45) is 0.964. The second kappa shape index (κ2) is 10.7. The number of nitrogens with one attached hydrogen (secondary N) is 1. The molecular formula is C22H28N2O5. The van der Waals surface area contributed by atoms with Crippen LogP contribution in [0.4, 0.5) is 5.69 Å². The van der Waals surface area contributed by atoms with E-state index in [2.05, 4.69) is 10.2 Å². The maximum Gasteiger partial charge on any atom is 0.263 e. The quantitative estimate of drug-likeness (QED) is 0.653. The van der Waals surface area contributed by atoms with Gasteiger partial charge in [0.1, 0.15) is 22.8 Å². The summed E-state index contributed by atoms with van der Waals surface area (Å²) in [6.45, 7) is 5.28. The predicted octanol–water partition coefficient (Wildman–Crippen LogP) is 3.06. The second-order valence-electron chi connectivity index (χ2n) is 6.67. The lowest BCUT2D eigenvalue weighted by molar-refractivity contribution is 0.0358. The molecule has 1 fully saturated rings. The van der Waals surface area contributed by atoms with E-state index in [0.29, 0.717) is 29.4 Å². The van der Waals surface area contributed by atoms with Crippen molar-refractivity contribution < 1.29 is 23.7 Å². The first-order valence-corrected chi connectivity index (χ1v) is 9.76. The van der Waals surface area contributed by atoms with Crippen LogP contribution in [0.1, 0.15) is 16.8 Å². The number of rotatable bonds is 9. The summed E-state index contributed by atoms with van der Waals surface area (Å²) in [6, 6.07) is 12.6. The van der Waals surface area contributed by atoms with E-state index >= 15 is 0 Å². The van der Waals surface area contributed by atoms with E-state index in [1.165, 1.54) is 14.2 Å². The molecule has 0 spiro atoms. The lowest BCUT2D eigenvalue weighted by Gasteiger charge is -2.26. The van der Waals surface area contributed by atoms with Crippen LogP contribution in [0.2, 0.25) is 0 Å². The first-order chi connectivity index (χ1) is 14.2. The fourth-order valence-electron chi connectivity index (χ4n) is 3.21. The molecule has 1 saturated heterocycles. The Balaban J connectivity index is 1.51. The van der Waals surface area contributed by atoms with Gasteiger partial charge >= 0.3 is 0 Å². The third-order valence-corrected chi connectivity index (χ3v) is 4.76. The van der Waals surface area contributed by atoms with Crippen molar-refractivity contribution >= 4 is 11.6 Å². The highest BCUT2D eigenvalue weighted by atomic mass is 16.5. The van der Waals surface area contributed by atoms with Crippen molar-refractivity contribution in [3.63, 3.8) is 0 Å². The van der Waals surface area contributed by atoms with Crippen LogP contribution in [0.15, 0.2) is 42.5 Å². The number of anilines is 1. The highest BCUT2D eigenvalue weighted by Crippen LogP contribution is 2.29. The molecule has 1 amide bonds. The largest absolute Gasteiger partial charge is 0.496 e. The molecule has 2 aromatic carbocycles. The highest BCUT2D eigenvalue weighted by Gasteiger charge is 2.18. The van der Waals surface area contributed by atoms with E-state index in [1.807, 2.05) is 24.3 Å². The summed E-state index contributed by atoms with van der Waals surface area (Å²) in [5.74, 6) is 1.41. The van der Waals surface area contributed by atoms with Crippen LogP contribution in [0.3, 0.4) is 0 Å². The molecule has 3 rings (SSSR count). The smallest absolute Gasteiger partial charge is 0.263 e. The Bertz CT molecular complexity index is 766. The number of benzene rings is 2. The number of hydrogen-bond acceptors (Lipinski definition) is 6. The standard InChI is InChI=1S/C22H28N2O5/c1-26-19-5-3-6-20(27-2)21(19)22(25)23-17-7-9-18(10-8-17)29-14-4-11-24-12-15-28-16-13-24/h3,5-10H,4,11-16H2,1-2H3,(H,23,25). The van der Waals surface area contributed by atoms with Crippen molar-refractivity contribution in [1.82, 2.24) is 4.90 Å². The maximum atomic E-state index is 12.7. The van der Waals surface area contributed by atoms with Crippen LogP contribution in [-0.4, -0.2) is 64.5 Å². The number of morpholine rings is 1. The van der Waals surface area contributed by atoms with Crippen molar-refractivity contribution in [2.45, 2.75) is 6.42 Å². The SMILES string of the molecule is COc1cccc(OC)c1C(=O)Nc1ccc(OCCCN2CCOCC2)cc1. The molecule has 29 heavy (non-hydrogen) atoms. The number of ether oxygens (including phenoxy) is 4. The van der Waals surface area contributed by atoms with Crippen LogP contribution in [0.25, 0.3) is 0 Å². The van der Waals surface area contributed by atoms with Crippen LogP contribution in [-0.2, 0) is 4.74 Å².